The number of hydrogen-bond acceptors (Lipinski definition) is 2. The van der Waals surface area contributed by atoms with Crippen molar-refractivity contribution in [2.45, 2.75) is 25.7 Å². The molecule has 0 radical (unpaired) electrons. The molecule has 4 nitrogen and oxygen atoms in total. The van der Waals surface area contributed by atoms with Crippen LogP contribution in [0.5, 0.6) is 0 Å². The summed E-state index contributed by atoms with van der Waals surface area (Å²) in [5.74, 6) is -1.38. The molecule has 0 spiro atoms. The van der Waals surface area contributed by atoms with Crippen molar-refractivity contribution in [3.05, 3.63) is 34.9 Å². The number of hydrogen-bond donors (Lipinski definition) is 2. The number of carbonyl (C=O) groups excluding carboxylic acids is 1. The number of aliphatic carboxylic acids is 1. The highest BCUT2D eigenvalue weighted by Gasteiger charge is 2.18. The molecule has 0 aromatic heterocycles. The van der Waals surface area contributed by atoms with E-state index in [0.29, 0.717) is 11.6 Å². The van der Waals surface area contributed by atoms with E-state index < -0.39 is 5.97 Å². The van der Waals surface area contributed by atoms with Crippen LogP contribution in [0.4, 0.5) is 0 Å². The number of amides is 1. The maximum Gasteiger partial charge on any atom is 0.303 e. The Balaban J connectivity index is 2.80. The number of carbonyl (C=O) groups is 2. The van der Waals surface area contributed by atoms with Gasteiger partial charge in [-0.2, -0.15) is 0 Å². The van der Waals surface area contributed by atoms with E-state index in [1.165, 1.54) is 0 Å². The maximum atomic E-state index is 11.5. The highest BCUT2D eigenvalue weighted by Crippen LogP contribution is 2.25. The fraction of sp³-hybridized carbons (Fsp3) is 0.385. The average molecular weight is 270 g/mol. The lowest BCUT2D eigenvalue weighted by Crippen LogP contribution is -2.25. The molecule has 1 aromatic carbocycles. The number of rotatable bonds is 6. The fourth-order valence-corrected chi connectivity index (χ4v) is 1.87. The molecule has 1 aromatic rings. The van der Waals surface area contributed by atoms with Gasteiger partial charge in [0.25, 0.3) is 0 Å². The molecular formula is C13H16ClNO3. The Kier molecular flexibility index (Phi) is 5.65. The molecule has 0 heterocycles. The summed E-state index contributed by atoms with van der Waals surface area (Å²) in [5.41, 5.74) is 0.813. The molecule has 0 aliphatic heterocycles. The highest BCUT2D eigenvalue weighted by molar-refractivity contribution is 6.30. The van der Waals surface area contributed by atoms with Crippen molar-refractivity contribution < 1.29 is 14.7 Å². The van der Waals surface area contributed by atoms with Crippen LogP contribution >= 0.6 is 11.6 Å². The Hall–Kier alpha value is -1.55. The van der Waals surface area contributed by atoms with Gasteiger partial charge in [-0.15, -0.1) is 0 Å². The number of nitrogens with one attached hydrogen (secondary N) is 1. The minimum atomic E-state index is -0.917. The average Bonchev–Trinajstić information content (AvgIpc) is 2.28. The van der Waals surface area contributed by atoms with Crippen LogP contribution in [-0.4, -0.2) is 23.5 Å². The number of carboxylic acid groups (broad SMARTS) is 1. The van der Waals surface area contributed by atoms with Crippen LogP contribution in [0, 0.1) is 0 Å². The van der Waals surface area contributed by atoms with Crippen LogP contribution in [0.2, 0.25) is 5.02 Å². The Morgan fingerprint density at radius 1 is 1.28 bits per heavy atom. The second-order valence-corrected chi connectivity index (χ2v) is 4.44. The van der Waals surface area contributed by atoms with E-state index in [2.05, 4.69) is 5.32 Å². The van der Waals surface area contributed by atoms with Crippen molar-refractivity contribution in [1.82, 2.24) is 5.32 Å². The molecule has 2 N–H and O–H groups in total. The van der Waals surface area contributed by atoms with Gasteiger partial charge in [-0.1, -0.05) is 23.7 Å². The second-order valence-electron chi connectivity index (χ2n) is 4.00. The van der Waals surface area contributed by atoms with Gasteiger partial charge in [0.2, 0.25) is 5.91 Å². The molecule has 0 fully saturated rings. The lowest BCUT2D eigenvalue weighted by Gasteiger charge is -2.15. The van der Waals surface area contributed by atoms with E-state index in [1.54, 1.807) is 24.3 Å². The number of carboxylic acids is 1. The van der Waals surface area contributed by atoms with E-state index >= 15 is 0 Å². The fourth-order valence-electron chi connectivity index (χ4n) is 1.75. The summed E-state index contributed by atoms with van der Waals surface area (Å²) < 4.78 is 0. The van der Waals surface area contributed by atoms with Gasteiger partial charge in [0.1, 0.15) is 0 Å². The summed E-state index contributed by atoms with van der Waals surface area (Å²) in [6.45, 7) is 2.37. The SMILES string of the molecule is CCNC(=O)CC(CC(=O)O)c1ccc(Cl)cc1. The van der Waals surface area contributed by atoms with E-state index in [4.69, 9.17) is 16.7 Å². The summed E-state index contributed by atoms with van der Waals surface area (Å²) in [5, 5.41) is 12.1. The minimum Gasteiger partial charge on any atom is -0.481 e. The minimum absolute atomic E-state index is 0.0707. The van der Waals surface area contributed by atoms with Gasteiger partial charge in [0.05, 0.1) is 6.42 Å². The van der Waals surface area contributed by atoms with Crippen molar-refractivity contribution in [3.63, 3.8) is 0 Å². The zero-order chi connectivity index (χ0) is 13.5. The first-order chi connectivity index (χ1) is 8.52. The van der Waals surface area contributed by atoms with E-state index in [0.717, 1.165) is 5.56 Å². The Morgan fingerprint density at radius 3 is 2.39 bits per heavy atom. The zero-order valence-electron chi connectivity index (χ0n) is 10.1. The van der Waals surface area contributed by atoms with Crippen molar-refractivity contribution >= 4 is 23.5 Å². The molecule has 1 rings (SSSR count). The van der Waals surface area contributed by atoms with Gasteiger partial charge in [0, 0.05) is 23.9 Å². The quantitative estimate of drug-likeness (QED) is 0.833. The summed E-state index contributed by atoms with van der Waals surface area (Å²) in [6.07, 6.45) is 0.0978. The lowest BCUT2D eigenvalue weighted by molar-refractivity contribution is -0.137. The van der Waals surface area contributed by atoms with Gasteiger partial charge in [0.15, 0.2) is 0 Å². The van der Waals surface area contributed by atoms with Crippen LogP contribution in [0.1, 0.15) is 31.2 Å². The van der Waals surface area contributed by atoms with Gasteiger partial charge in [-0.05, 0) is 24.6 Å². The predicted octanol–water partition coefficient (Wildman–Crippen LogP) is 2.42. The Morgan fingerprint density at radius 2 is 1.89 bits per heavy atom. The van der Waals surface area contributed by atoms with Crippen LogP contribution < -0.4 is 5.32 Å². The van der Waals surface area contributed by atoms with Gasteiger partial charge >= 0.3 is 5.97 Å². The van der Waals surface area contributed by atoms with Crippen molar-refractivity contribution in [2.24, 2.45) is 0 Å². The van der Waals surface area contributed by atoms with Crippen molar-refractivity contribution in [1.29, 1.82) is 0 Å². The van der Waals surface area contributed by atoms with Crippen molar-refractivity contribution in [3.8, 4) is 0 Å². The molecule has 5 heteroatoms. The molecule has 0 bridgehead atoms. The van der Waals surface area contributed by atoms with E-state index in [1.807, 2.05) is 6.92 Å². The standard InChI is InChI=1S/C13H16ClNO3/c1-2-15-12(16)7-10(8-13(17)18)9-3-5-11(14)6-4-9/h3-6,10H,2,7-8H2,1H3,(H,15,16)(H,17,18). The number of benzene rings is 1. The van der Waals surface area contributed by atoms with Crippen LogP contribution in [0.15, 0.2) is 24.3 Å². The van der Waals surface area contributed by atoms with E-state index in [-0.39, 0.29) is 24.7 Å². The molecule has 0 aliphatic carbocycles. The topological polar surface area (TPSA) is 66.4 Å². The summed E-state index contributed by atoms with van der Waals surface area (Å²) in [4.78, 5) is 22.4. The van der Waals surface area contributed by atoms with Gasteiger partial charge in [-0.3, -0.25) is 9.59 Å². The number of halogens is 1. The van der Waals surface area contributed by atoms with Crippen LogP contribution in [0.3, 0.4) is 0 Å². The molecule has 0 saturated carbocycles. The largest absolute Gasteiger partial charge is 0.481 e. The molecule has 1 amide bonds. The molecule has 1 unspecified atom stereocenters. The molecule has 18 heavy (non-hydrogen) atoms. The van der Waals surface area contributed by atoms with Crippen LogP contribution in [-0.2, 0) is 9.59 Å². The second kappa shape index (κ2) is 7.01. The molecule has 98 valence electrons. The molecule has 1 atom stereocenters. The summed E-state index contributed by atoms with van der Waals surface area (Å²) in [7, 11) is 0. The van der Waals surface area contributed by atoms with Gasteiger partial charge in [-0.25, -0.2) is 0 Å². The van der Waals surface area contributed by atoms with Crippen LogP contribution in [0.25, 0.3) is 0 Å². The monoisotopic (exact) mass is 269 g/mol. The molecule has 0 aliphatic rings. The van der Waals surface area contributed by atoms with Crippen molar-refractivity contribution in [2.75, 3.05) is 6.54 Å². The summed E-state index contributed by atoms with van der Waals surface area (Å²) >= 11 is 5.78. The van der Waals surface area contributed by atoms with Gasteiger partial charge < -0.3 is 10.4 Å². The predicted molar refractivity (Wildman–Crippen MR) is 69.7 cm³/mol. The first-order valence-corrected chi connectivity index (χ1v) is 6.14. The maximum absolute atomic E-state index is 11.5. The smallest absolute Gasteiger partial charge is 0.303 e. The molecular weight excluding hydrogens is 254 g/mol. The first kappa shape index (κ1) is 14.5. The Bertz CT molecular complexity index is 417. The Labute approximate surface area is 111 Å². The normalized spacial score (nSPS) is 11.9. The third-order valence-electron chi connectivity index (χ3n) is 2.57. The van der Waals surface area contributed by atoms with E-state index in [9.17, 15) is 9.59 Å². The first-order valence-electron chi connectivity index (χ1n) is 5.77. The zero-order valence-corrected chi connectivity index (χ0v) is 10.9. The summed E-state index contributed by atoms with van der Waals surface area (Å²) in [6, 6.07) is 6.91. The lowest BCUT2D eigenvalue weighted by atomic mass is 9.92. The molecule has 0 saturated heterocycles. The third-order valence-corrected chi connectivity index (χ3v) is 2.82. The third kappa shape index (κ3) is 4.75. The highest BCUT2D eigenvalue weighted by atomic mass is 35.5.